The molecule has 1 aromatic carbocycles. The molecule has 3 rings (SSSR count). The predicted molar refractivity (Wildman–Crippen MR) is 68.1 cm³/mol. The third-order valence-electron chi connectivity index (χ3n) is 3.51. The van der Waals surface area contributed by atoms with E-state index in [0.29, 0.717) is 12.0 Å². The summed E-state index contributed by atoms with van der Waals surface area (Å²) in [4.78, 5) is 8.05. The zero-order valence-corrected chi connectivity index (χ0v) is 10.1. The second-order valence-electron chi connectivity index (χ2n) is 4.91. The molecule has 0 aliphatic carbocycles. The highest BCUT2D eigenvalue weighted by Crippen LogP contribution is 2.26. The lowest BCUT2D eigenvalue weighted by Crippen LogP contribution is -2.10. The van der Waals surface area contributed by atoms with Crippen molar-refractivity contribution >= 4 is 11.0 Å². The Morgan fingerprint density at radius 3 is 3.12 bits per heavy atom. The van der Waals surface area contributed by atoms with Gasteiger partial charge in [-0.25, -0.2) is 4.98 Å². The molecule has 1 aliphatic heterocycles. The maximum absolute atomic E-state index is 5.68. The number of ether oxygens (including phenoxy) is 1. The van der Waals surface area contributed by atoms with Crippen LogP contribution in [-0.4, -0.2) is 22.7 Å². The Labute approximate surface area is 101 Å². The number of nitrogens with zero attached hydrogens (tertiary/aromatic N) is 1. The van der Waals surface area contributed by atoms with Crippen LogP contribution in [0.3, 0.4) is 0 Å². The lowest BCUT2D eigenvalue weighted by Gasteiger charge is -2.13. The zero-order chi connectivity index (χ0) is 11.7. The van der Waals surface area contributed by atoms with Crippen LogP contribution in [0, 0.1) is 0 Å². The van der Waals surface area contributed by atoms with E-state index in [1.807, 2.05) is 18.2 Å². The molecule has 2 aromatic rings. The van der Waals surface area contributed by atoms with Crippen LogP contribution in [0.25, 0.3) is 11.0 Å². The summed E-state index contributed by atoms with van der Waals surface area (Å²) in [5, 5.41) is 0. The van der Waals surface area contributed by atoms with Crippen molar-refractivity contribution in [2.24, 2.45) is 0 Å². The number of para-hydroxylation sites is 2. The number of hydrogen-bond donors (Lipinski definition) is 1. The Balaban J connectivity index is 1.77. The average Bonchev–Trinajstić information content (AvgIpc) is 2.96. The summed E-state index contributed by atoms with van der Waals surface area (Å²) >= 11 is 0. The van der Waals surface area contributed by atoms with Gasteiger partial charge < -0.3 is 9.72 Å². The molecule has 1 saturated heterocycles. The van der Waals surface area contributed by atoms with E-state index in [0.717, 1.165) is 29.9 Å². The maximum atomic E-state index is 5.68. The fourth-order valence-corrected chi connectivity index (χ4v) is 2.54. The number of hydrogen-bond acceptors (Lipinski definition) is 2. The predicted octanol–water partition coefficient (Wildman–Crippen LogP) is 3.24. The molecule has 0 spiro atoms. The third-order valence-corrected chi connectivity index (χ3v) is 3.51. The highest BCUT2D eigenvalue weighted by Gasteiger charge is 2.20. The first kappa shape index (κ1) is 10.8. The Bertz CT molecular complexity index is 467. The average molecular weight is 230 g/mol. The SMILES string of the molecule is C[C@H](C[C@H]1CCCO1)c1nc2ccccc2[nH]1. The number of nitrogens with one attached hydrogen (secondary N) is 1. The molecule has 1 aliphatic rings. The number of fused-ring (bicyclic) bond motifs is 1. The van der Waals surface area contributed by atoms with E-state index in [9.17, 15) is 0 Å². The number of aromatic amines is 1. The quantitative estimate of drug-likeness (QED) is 0.879. The Kier molecular flexibility index (Phi) is 2.85. The first-order valence-corrected chi connectivity index (χ1v) is 6.39. The molecule has 1 aromatic heterocycles. The summed E-state index contributed by atoms with van der Waals surface area (Å²) in [6, 6.07) is 8.19. The van der Waals surface area contributed by atoms with Crippen LogP contribution in [0.1, 0.15) is 37.9 Å². The van der Waals surface area contributed by atoms with Crippen molar-refractivity contribution in [3.8, 4) is 0 Å². The van der Waals surface area contributed by atoms with Gasteiger partial charge in [-0.15, -0.1) is 0 Å². The number of benzene rings is 1. The van der Waals surface area contributed by atoms with Crippen LogP contribution in [0.2, 0.25) is 0 Å². The van der Waals surface area contributed by atoms with E-state index in [2.05, 4.69) is 23.0 Å². The minimum atomic E-state index is 0.429. The summed E-state index contributed by atoms with van der Waals surface area (Å²) < 4.78 is 5.68. The Hall–Kier alpha value is -1.35. The van der Waals surface area contributed by atoms with Crippen LogP contribution in [0.15, 0.2) is 24.3 Å². The highest BCUT2D eigenvalue weighted by atomic mass is 16.5. The number of imidazole rings is 1. The van der Waals surface area contributed by atoms with Crippen molar-refractivity contribution in [2.75, 3.05) is 6.61 Å². The molecule has 90 valence electrons. The molecular weight excluding hydrogens is 212 g/mol. The van der Waals surface area contributed by atoms with Gasteiger partial charge in [0.05, 0.1) is 17.1 Å². The molecule has 0 amide bonds. The van der Waals surface area contributed by atoms with Gasteiger partial charge in [-0.05, 0) is 31.4 Å². The van der Waals surface area contributed by atoms with E-state index in [-0.39, 0.29) is 0 Å². The number of rotatable bonds is 3. The molecule has 0 saturated carbocycles. The van der Waals surface area contributed by atoms with Gasteiger partial charge in [-0.1, -0.05) is 19.1 Å². The summed E-state index contributed by atoms with van der Waals surface area (Å²) in [5.41, 5.74) is 2.18. The van der Waals surface area contributed by atoms with Crippen molar-refractivity contribution in [3.63, 3.8) is 0 Å². The third kappa shape index (κ3) is 2.20. The van der Waals surface area contributed by atoms with Crippen molar-refractivity contribution in [3.05, 3.63) is 30.1 Å². The summed E-state index contributed by atoms with van der Waals surface area (Å²) in [5.74, 6) is 1.52. The molecule has 0 radical (unpaired) electrons. The fourth-order valence-electron chi connectivity index (χ4n) is 2.54. The topological polar surface area (TPSA) is 37.9 Å². The van der Waals surface area contributed by atoms with Crippen LogP contribution in [-0.2, 0) is 4.74 Å². The minimum Gasteiger partial charge on any atom is -0.378 e. The van der Waals surface area contributed by atoms with E-state index in [1.165, 1.54) is 12.8 Å². The zero-order valence-electron chi connectivity index (χ0n) is 10.1. The second kappa shape index (κ2) is 4.49. The monoisotopic (exact) mass is 230 g/mol. The summed E-state index contributed by atoms with van der Waals surface area (Å²) in [6.45, 7) is 3.15. The van der Waals surface area contributed by atoms with Gasteiger partial charge in [-0.3, -0.25) is 0 Å². The highest BCUT2D eigenvalue weighted by molar-refractivity contribution is 5.74. The largest absolute Gasteiger partial charge is 0.378 e. The van der Waals surface area contributed by atoms with Gasteiger partial charge in [0.25, 0.3) is 0 Å². The van der Waals surface area contributed by atoms with Gasteiger partial charge in [-0.2, -0.15) is 0 Å². The van der Waals surface area contributed by atoms with Crippen LogP contribution < -0.4 is 0 Å². The first-order chi connectivity index (χ1) is 8.33. The lowest BCUT2D eigenvalue weighted by molar-refractivity contribution is 0.0987. The van der Waals surface area contributed by atoms with Crippen LogP contribution in [0.5, 0.6) is 0 Å². The molecule has 0 unspecified atom stereocenters. The van der Waals surface area contributed by atoms with E-state index >= 15 is 0 Å². The van der Waals surface area contributed by atoms with Gasteiger partial charge in [0, 0.05) is 12.5 Å². The number of H-pyrrole nitrogens is 1. The molecule has 3 nitrogen and oxygen atoms in total. The van der Waals surface area contributed by atoms with Crippen molar-refractivity contribution in [1.82, 2.24) is 9.97 Å². The molecule has 0 bridgehead atoms. The molecule has 17 heavy (non-hydrogen) atoms. The molecule has 2 atom stereocenters. The molecule has 2 heterocycles. The molecular formula is C14H18N2O. The minimum absolute atomic E-state index is 0.429. The normalized spacial score (nSPS) is 22.1. The first-order valence-electron chi connectivity index (χ1n) is 6.39. The van der Waals surface area contributed by atoms with Crippen LogP contribution >= 0.6 is 0 Å². The van der Waals surface area contributed by atoms with Gasteiger partial charge in [0.15, 0.2) is 0 Å². The van der Waals surface area contributed by atoms with E-state index in [4.69, 9.17) is 4.74 Å². The van der Waals surface area contributed by atoms with Crippen molar-refractivity contribution in [2.45, 2.75) is 38.2 Å². The Morgan fingerprint density at radius 1 is 1.47 bits per heavy atom. The molecule has 1 fully saturated rings. The second-order valence-corrected chi connectivity index (χ2v) is 4.91. The fraction of sp³-hybridized carbons (Fsp3) is 0.500. The van der Waals surface area contributed by atoms with Gasteiger partial charge in [0.2, 0.25) is 0 Å². The molecule has 3 heteroatoms. The van der Waals surface area contributed by atoms with E-state index < -0.39 is 0 Å². The van der Waals surface area contributed by atoms with Gasteiger partial charge in [0.1, 0.15) is 5.82 Å². The van der Waals surface area contributed by atoms with Crippen molar-refractivity contribution < 1.29 is 4.74 Å². The summed E-state index contributed by atoms with van der Waals surface area (Å²) in [6.07, 6.45) is 3.90. The maximum Gasteiger partial charge on any atom is 0.110 e. The Morgan fingerprint density at radius 2 is 2.35 bits per heavy atom. The summed E-state index contributed by atoms with van der Waals surface area (Å²) in [7, 11) is 0. The standard InChI is InChI=1S/C14H18N2O/c1-10(9-11-5-4-8-17-11)14-15-12-6-2-3-7-13(12)16-14/h2-3,6-7,10-11H,4-5,8-9H2,1H3,(H,15,16)/t10-,11-/m1/s1. The molecule has 1 N–H and O–H groups in total. The van der Waals surface area contributed by atoms with E-state index in [1.54, 1.807) is 0 Å². The van der Waals surface area contributed by atoms with Gasteiger partial charge >= 0.3 is 0 Å². The smallest absolute Gasteiger partial charge is 0.110 e. The number of aromatic nitrogens is 2. The van der Waals surface area contributed by atoms with Crippen molar-refractivity contribution in [1.29, 1.82) is 0 Å². The lowest BCUT2D eigenvalue weighted by atomic mass is 10.0. The van der Waals surface area contributed by atoms with Crippen LogP contribution in [0.4, 0.5) is 0 Å².